The Hall–Kier alpha value is -2.11. The molecule has 0 saturated carbocycles. The largest absolute Gasteiger partial charge is 0.494 e. The van der Waals surface area contributed by atoms with E-state index in [-0.39, 0.29) is 11.8 Å². The number of anilines is 1. The van der Waals surface area contributed by atoms with Crippen molar-refractivity contribution in [3.05, 3.63) is 52.5 Å². The van der Waals surface area contributed by atoms with Crippen LogP contribution in [0.2, 0.25) is 10.0 Å². The molecule has 0 atom stereocenters. The lowest BCUT2D eigenvalue weighted by Gasteiger charge is -2.11. The highest BCUT2D eigenvalue weighted by Gasteiger charge is 2.07. The number of nitrogens with one attached hydrogen (secondary N) is 2. The van der Waals surface area contributed by atoms with Crippen LogP contribution in [0, 0.1) is 0 Å². The molecule has 0 fully saturated rings. The minimum Gasteiger partial charge on any atom is -0.494 e. The molecular formula is C16H16Cl2N2O3. The second-order valence-corrected chi connectivity index (χ2v) is 5.21. The van der Waals surface area contributed by atoms with Crippen LogP contribution in [0.4, 0.5) is 10.5 Å². The smallest absolute Gasteiger partial charge is 0.321 e. The summed E-state index contributed by atoms with van der Waals surface area (Å²) >= 11 is 11.9. The Balaban J connectivity index is 1.79. The standard InChI is InChI=1S/C16H16Cl2N2O3/c1-2-22-11-6-8-12(9-7-11)23-10-19-16(21)20-14-5-3-4-13(17)15(14)18/h3-9H,2,10H2,1H3,(H2,19,20,21). The lowest BCUT2D eigenvalue weighted by atomic mass is 10.3. The molecule has 122 valence electrons. The van der Waals surface area contributed by atoms with E-state index in [4.69, 9.17) is 32.7 Å². The molecule has 2 rings (SSSR count). The molecule has 23 heavy (non-hydrogen) atoms. The van der Waals surface area contributed by atoms with Crippen molar-refractivity contribution in [3.63, 3.8) is 0 Å². The molecule has 2 aromatic carbocycles. The summed E-state index contributed by atoms with van der Waals surface area (Å²) in [6, 6.07) is 11.7. The van der Waals surface area contributed by atoms with Gasteiger partial charge in [0.15, 0.2) is 6.73 Å². The molecule has 0 aliphatic rings. The van der Waals surface area contributed by atoms with Gasteiger partial charge in [0.05, 0.1) is 22.3 Å². The molecule has 0 unspecified atom stereocenters. The van der Waals surface area contributed by atoms with Crippen molar-refractivity contribution in [2.75, 3.05) is 18.7 Å². The number of amides is 2. The highest BCUT2D eigenvalue weighted by molar-refractivity contribution is 6.43. The lowest BCUT2D eigenvalue weighted by Crippen LogP contribution is -2.32. The predicted molar refractivity (Wildman–Crippen MR) is 91.7 cm³/mol. The first-order valence-electron chi connectivity index (χ1n) is 6.94. The van der Waals surface area contributed by atoms with Gasteiger partial charge in [0.1, 0.15) is 11.5 Å². The molecule has 0 aliphatic carbocycles. The fourth-order valence-electron chi connectivity index (χ4n) is 1.75. The number of benzene rings is 2. The van der Waals surface area contributed by atoms with Crippen molar-refractivity contribution >= 4 is 34.9 Å². The minimum absolute atomic E-state index is 0.0119. The number of urea groups is 1. The molecule has 0 saturated heterocycles. The average molecular weight is 355 g/mol. The first-order valence-corrected chi connectivity index (χ1v) is 7.70. The molecule has 5 nitrogen and oxygen atoms in total. The van der Waals surface area contributed by atoms with E-state index in [1.807, 2.05) is 6.92 Å². The van der Waals surface area contributed by atoms with Crippen molar-refractivity contribution in [2.24, 2.45) is 0 Å². The number of carbonyl (C=O) groups excluding carboxylic acids is 1. The number of halogens is 2. The molecule has 7 heteroatoms. The zero-order chi connectivity index (χ0) is 16.7. The van der Waals surface area contributed by atoms with Gasteiger partial charge in [0.2, 0.25) is 0 Å². The van der Waals surface area contributed by atoms with E-state index >= 15 is 0 Å². The second-order valence-electron chi connectivity index (χ2n) is 4.43. The van der Waals surface area contributed by atoms with E-state index in [1.165, 1.54) is 0 Å². The maximum Gasteiger partial charge on any atom is 0.321 e. The molecule has 0 spiro atoms. The molecule has 0 bridgehead atoms. The van der Waals surface area contributed by atoms with Crippen LogP contribution in [0.25, 0.3) is 0 Å². The van der Waals surface area contributed by atoms with Gasteiger partial charge in [0.25, 0.3) is 0 Å². The fraction of sp³-hybridized carbons (Fsp3) is 0.188. The maximum atomic E-state index is 11.8. The van der Waals surface area contributed by atoms with E-state index < -0.39 is 6.03 Å². The van der Waals surface area contributed by atoms with Gasteiger partial charge in [0, 0.05) is 0 Å². The van der Waals surface area contributed by atoms with Gasteiger partial charge in [-0.25, -0.2) is 4.79 Å². The Morgan fingerprint density at radius 3 is 2.35 bits per heavy atom. The molecule has 2 N–H and O–H groups in total. The van der Waals surface area contributed by atoms with Gasteiger partial charge >= 0.3 is 6.03 Å². The van der Waals surface area contributed by atoms with Gasteiger partial charge < -0.3 is 20.1 Å². The summed E-state index contributed by atoms with van der Waals surface area (Å²) in [4.78, 5) is 11.8. The normalized spacial score (nSPS) is 10.0. The summed E-state index contributed by atoms with van der Waals surface area (Å²) in [6.07, 6.45) is 0. The first-order chi connectivity index (χ1) is 11.1. The van der Waals surface area contributed by atoms with E-state index in [2.05, 4.69) is 10.6 Å². The monoisotopic (exact) mass is 354 g/mol. The van der Waals surface area contributed by atoms with Crippen LogP contribution >= 0.6 is 23.2 Å². The maximum absolute atomic E-state index is 11.8. The summed E-state index contributed by atoms with van der Waals surface area (Å²) in [6.45, 7) is 2.53. The third-order valence-corrected chi connectivity index (χ3v) is 3.62. The number of hydrogen-bond acceptors (Lipinski definition) is 3. The SMILES string of the molecule is CCOc1ccc(OCNC(=O)Nc2cccc(Cl)c2Cl)cc1. The van der Waals surface area contributed by atoms with Crippen molar-refractivity contribution in [1.29, 1.82) is 0 Å². The van der Waals surface area contributed by atoms with Crippen LogP contribution in [0.3, 0.4) is 0 Å². The first kappa shape index (κ1) is 17.2. The highest BCUT2D eigenvalue weighted by Crippen LogP contribution is 2.29. The number of carbonyl (C=O) groups is 1. The highest BCUT2D eigenvalue weighted by atomic mass is 35.5. The molecule has 0 heterocycles. The summed E-state index contributed by atoms with van der Waals surface area (Å²) in [5, 5.41) is 5.82. The third kappa shape index (κ3) is 5.23. The summed E-state index contributed by atoms with van der Waals surface area (Å²) in [5.74, 6) is 1.38. The van der Waals surface area contributed by atoms with Gasteiger partial charge in [-0.2, -0.15) is 0 Å². The lowest BCUT2D eigenvalue weighted by molar-refractivity contribution is 0.234. The van der Waals surface area contributed by atoms with E-state index in [1.54, 1.807) is 42.5 Å². The van der Waals surface area contributed by atoms with Crippen molar-refractivity contribution in [2.45, 2.75) is 6.92 Å². The van der Waals surface area contributed by atoms with Gasteiger partial charge in [-0.1, -0.05) is 29.3 Å². The van der Waals surface area contributed by atoms with Crippen LogP contribution in [0.15, 0.2) is 42.5 Å². The van der Waals surface area contributed by atoms with Gasteiger partial charge in [-0.15, -0.1) is 0 Å². The molecule has 0 aliphatic heterocycles. The molecule has 0 radical (unpaired) electrons. The zero-order valence-electron chi connectivity index (χ0n) is 12.4. The van der Waals surface area contributed by atoms with Crippen LogP contribution in [-0.4, -0.2) is 19.4 Å². The minimum atomic E-state index is -0.444. The quantitative estimate of drug-likeness (QED) is 0.748. The number of hydrogen-bond donors (Lipinski definition) is 2. The third-order valence-electron chi connectivity index (χ3n) is 2.81. The van der Waals surface area contributed by atoms with Crippen LogP contribution in [0.1, 0.15) is 6.92 Å². The van der Waals surface area contributed by atoms with Crippen LogP contribution in [-0.2, 0) is 0 Å². The number of ether oxygens (including phenoxy) is 2. The fourth-order valence-corrected chi connectivity index (χ4v) is 2.10. The Morgan fingerprint density at radius 1 is 1.04 bits per heavy atom. The average Bonchev–Trinajstić information content (AvgIpc) is 2.54. The van der Waals surface area contributed by atoms with E-state index in [0.29, 0.717) is 23.1 Å². The van der Waals surface area contributed by atoms with E-state index in [0.717, 1.165) is 5.75 Å². The molecule has 0 aromatic heterocycles. The molecule has 2 amide bonds. The Morgan fingerprint density at radius 2 is 1.70 bits per heavy atom. The Bertz CT molecular complexity index is 663. The van der Waals surface area contributed by atoms with Crippen molar-refractivity contribution in [1.82, 2.24) is 5.32 Å². The van der Waals surface area contributed by atoms with E-state index in [9.17, 15) is 4.79 Å². The summed E-state index contributed by atoms with van der Waals surface area (Å²) < 4.78 is 10.7. The summed E-state index contributed by atoms with van der Waals surface area (Å²) in [7, 11) is 0. The van der Waals surface area contributed by atoms with Crippen LogP contribution < -0.4 is 20.1 Å². The number of rotatable bonds is 6. The molecular weight excluding hydrogens is 339 g/mol. The second kappa shape index (κ2) is 8.50. The van der Waals surface area contributed by atoms with Crippen LogP contribution in [0.5, 0.6) is 11.5 Å². The Labute approximate surface area is 144 Å². The van der Waals surface area contributed by atoms with Gasteiger partial charge in [-0.05, 0) is 43.3 Å². The zero-order valence-corrected chi connectivity index (χ0v) is 13.9. The summed E-state index contributed by atoms with van der Waals surface area (Å²) in [5.41, 5.74) is 0.428. The van der Waals surface area contributed by atoms with Gasteiger partial charge in [-0.3, -0.25) is 0 Å². The predicted octanol–water partition coefficient (Wildman–Crippen LogP) is 4.55. The Kier molecular flexibility index (Phi) is 6.38. The van der Waals surface area contributed by atoms with Crippen molar-refractivity contribution in [3.8, 4) is 11.5 Å². The van der Waals surface area contributed by atoms with Crippen molar-refractivity contribution < 1.29 is 14.3 Å². The molecule has 2 aromatic rings. The topological polar surface area (TPSA) is 59.6 Å².